The van der Waals surface area contributed by atoms with Gasteiger partial charge in [0.25, 0.3) is 0 Å². The Morgan fingerprint density at radius 2 is 1.13 bits per heavy atom. The van der Waals surface area contributed by atoms with Crippen molar-refractivity contribution in [1.29, 1.82) is 0 Å². The van der Waals surface area contributed by atoms with Crippen molar-refractivity contribution in [3.63, 3.8) is 0 Å². The van der Waals surface area contributed by atoms with Crippen LogP contribution >= 0.6 is 0 Å². The molecule has 0 aromatic heterocycles. The first-order chi connectivity index (χ1) is 29.6. The van der Waals surface area contributed by atoms with Gasteiger partial charge in [-0.3, -0.25) is 9.35 Å². The Labute approximate surface area is 369 Å². The van der Waals surface area contributed by atoms with Gasteiger partial charge in [0.15, 0.2) is 6.29 Å². The Morgan fingerprint density at radius 1 is 0.639 bits per heavy atom. The van der Waals surface area contributed by atoms with E-state index in [0.29, 0.717) is 13.0 Å². The number of ether oxygens (including phenoxy) is 4. The van der Waals surface area contributed by atoms with Crippen molar-refractivity contribution in [3.05, 3.63) is 72.9 Å². The average Bonchev–Trinajstić information content (AvgIpc) is 3.23. The van der Waals surface area contributed by atoms with Gasteiger partial charge in [-0.05, 0) is 77.0 Å². The number of hydrogen-bond acceptors (Lipinski definition) is 11. The number of hydrogen-bond donors (Lipinski definition) is 4. The summed E-state index contributed by atoms with van der Waals surface area (Å²) in [7, 11) is -5.07. The van der Waals surface area contributed by atoms with E-state index in [2.05, 4.69) is 90.9 Å². The SMILES string of the molecule is CC/C=C\C/C=C\C/C=C\C/C=C\CCCCCCCCCOCC(COC1OC(CO)C(O)C(OS(=O)(=O)O)C1O)OC(=O)CCCCCCC/C=C\C/C=C\CCCC. The first-order valence-corrected chi connectivity index (χ1v) is 24.6. The Morgan fingerprint density at radius 3 is 1.66 bits per heavy atom. The number of rotatable bonds is 39. The zero-order chi connectivity index (χ0) is 44.7. The van der Waals surface area contributed by atoms with Gasteiger partial charge in [-0.25, -0.2) is 4.18 Å². The summed E-state index contributed by atoms with van der Waals surface area (Å²) in [5.41, 5.74) is 0. The second kappa shape index (κ2) is 39.2. The number of esters is 1. The molecular weight excluding hydrogens is 801 g/mol. The number of unbranched alkanes of at least 4 members (excludes halogenated alkanes) is 14. The molecule has 0 aromatic carbocycles. The van der Waals surface area contributed by atoms with E-state index in [0.717, 1.165) is 103 Å². The molecule has 1 rings (SSSR count). The molecule has 352 valence electrons. The van der Waals surface area contributed by atoms with Gasteiger partial charge >= 0.3 is 16.4 Å². The summed E-state index contributed by atoms with van der Waals surface area (Å²) in [6.07, 6.45) is 40.7. The van der Waals surface area contributed by atoms with Gasteiger partial charge in [0.2, 0.25) is 0 Å². The lowest BCUT2D eigenvalue weighted by Crippen LogP contribution is -2.60. The van der Waals surface area contributed by atoms with E-state index >= 15 is 0 Å². The monoisotopic (exact) mass is 883 g/mol. The molecule has 1 saturated heterocycles. The second-order valence-corrected chi connectivity index (χ2v) is 16.7. The van der Waals surface area contributed by atoms with Crippen LogP contribution in [-0.2, 0) is 38.3 Å². The molecule has 0 saturated carbocycles. The van der Waals surface area contributed by atoms with Crippen LogP contribution in [0.1, 0.15) is 162 Å². The van der Waals surface area contributed by atoms with Gasteiger partial charge in [-0.1, -0.05) is 151 Å². The third-order valence-electron chi connectivity index (χ3n) is 10.1. The number of aliphatic hydroxyl groups excluding tert-OH is 3. The van der Waals surface area contributed by atoms with Crippen LogP contribution in [0, 0.1) is 0 Å². The normalized spacial score (nSPS) is 20.8. The second-order valence-electron chi connectivity index (χ2n) is 15.6. The lowest BCUT2D eigenvalue weighted by atomic mass is 9.99. The van der Waals surface area contributed by atoms with Gasteiger partial charge in [-0.15, -0.1) is 0 Å². The van der Waals surface area contributed by atoms with E-state index in [-0.39, 0.29) is 19.6 Å². The van der Waals surface area contributed by atoms with E-state index in [4.69, 9.17) is 23.5 Å². The summed E-state index contributed by atoms with van der Waals surface area (Å²) in [4.78, 5) is 12.8. The zero-order valence-corrected chi connectivity index (χ0v) is 38.3. The standard InChI is InChI=1S/C48H82O12S/c1-3-5-7-9-11-13-15-17-19-20-21-22-23-24-26-28-30-32-34-36-38-56-40-42(41-57-48-46(52)47(60-61(53,54)55)45(51)43(39-49)59-48)58-44(50)37-35-33-31-29-27-25-18-16-14-12-10-8-6-4-2/h5,7,10-13,16-19,21-22,42-43,45-49,51-52H,3-4,6,8-9,14-15,20,23-41H2,1-2H3,(H,53,54,55)/b7-5-,12-10-,13-11-,18-16-,19-17-,22-21-. The molecule has 1 aliphatic heterocycles. The minimum absolute atomic E-state index is 0.0188. The maximum atomic E-state index is 12.8. The van der Waals surface area contributed by atoms with Crippen LogP contribution in [0.4, 0.5) is 0 Å². The van der Waals surface area contributed by atoms with Gasteiger partial charge < -0.3 is 34.3 Å². The molecular formula is C48H82O12S. The van der Waals surface area contributed by atoms with Gasteiger partial charge in [0.05, 0.1) is 19.8 Å². The van der Waals surface area contributed by atoms with E-state index in [1.165, 1.54) is 32.1 Å². The third-order valence-corrected chi connectivity index (χ3v) is 10.5. The molecule has 6 unspecified atom stereocenters. The van der Waals surface area contributed by atoms with Crippen molar-refractivity contribution in [2.24, 2.45) is 0 Å². The number of aliphatic hydroxyl groups is 3. The fraction of sp³-hybridized carbons (Fsp3) is 0.729. The molecule has 0 bridgehead atoms. The first-order valence-electron chi connectivity index (χ1n) is 23.2. The molecule has 12 nitrogen and oxygen atoms in total. The minimum atomic E-state index is -5.07. The summed E-state index contributed by atoms with van der Waals surface area (Å²) < 4.78 is 59.1. The van der Waals surface area contributed by atoms with E-state index in [1.54, 1.807) is 0 Å². The van der Waals surface area contributed by atoms with Crippen molar-refractivity contribution in [2.75, 3.05) is 26.4 Å². The molecule has 0 aromatic rings. The lowest BCUT2D eigenvalue weighted by Gasteiger charge is -2.41. The van der Waals surface area contributed by atoms with Crippen LogP contribution in [0.25, 0.3) is 0 Å². The average molecular weight is 883 g/mol. The molecule has 0 aliphatic carbocycles. The van der Waals surface area contributed by atoms with Crippen molar-refractivity contribution >= 4 is 16.4 Å². The maximum Gasteiger partial charge on any atom is 0.397 e. The molecule has 6 atom stereocenters. The van der Waals surface area contributed by atoms with Crippen LogP contribution in [0.15, 0.2) is 72.9 Å². The number of allylic oxidation sites excluding steroid dienone is 12. The summed E-state index contributed by atoms with van der Waals surface area (Å²) in [6.45, 7) is 3.77. The predicted molar refractivity (Wildman–Crippen MR) is 243 cm³/mol. The third kappa shape index (κ3) is 32.8. The number of carbonyl (C=O) groups excluding carboxylic acids is 1. The number of carbonyl (C=O) groups is 1. The van der Waals surface area contributed by atoms with E-state index in [9.17, 15) is 28.5 Å². The topological polar surface area (TPSA) is 178 Å². The fourth-order valence-electron chi connectivity index (χ4n) is 6.56. The predicted octanol–water partition coefficient (Wildman–Crippen LogP) is 9.91. The van der Waals surface area contributed by atoms with Gasteiger partial charge in [0.1, 0.15) is 30.5 Å². The maximum absolute atomic E-state index is 12.8. The van der Waals surface area contributed by atoms with Crippen LogP contribution in [0.2, 0.25) is 0 Å². The highest BCUT2D eigenvalue weighted by molar-refractivity contribution is 7.80. The highest BCUT2D eigenvalue weighted by Crippen LogP contribution is 2.26. The lowest BCUT2D eigenvalue weighted by molar-refractivity contribution is -0.301. The molecule has 1 fully saturated rings. The van der Waals surface area contributed by atoms with Gasteiger partial charge in [-0.2, -0.15) is 8.42 Å². The summed E-state index contributed by atoms with van der Waals surface area (Å²) in [5.74, 6) is -0.421. The largest absolute Gasteiger partial charge is 0.457 e. The molecule has 1 aliphatic rings. The summed E-state index contributed by atoms with van der Waals surface area (Å²) in [5, 5.41) is 30.7. The van der Waals surface area contributed by atoms with Gasteiger partial charge in [0, 0.05) is 13.0 Å². The van der Waals surface area contributed by atoms with Crippen molar-refractivity contribution < 1.29 is 56.2 Å². The highest BCUT2D eigenvalue weighted by atomic mass is 32.3. The van der Waals surface area contributed by atoms with Crippen molar-refractivity contribution in [1.82, 2.24) is 0 Å². The Hall–Kier alpha value is -2.46. The van der Waals surface area contributed by atoms with E-state index < -0.39 is 59.8 Å². The zero-order valence-electron chi connectivity index (χ0n) is 37.4. The smallest absolute Gasteiger partial charge is 0.397 e. The highest BCUT2D eigenvalue weighted by Gasteiger charge is 2.48. The molecule has 0 spiro atoms. The molecule has 1 heterocycles. The van der Waals surface area contributed by atoms with Crippen molar-refractivity contribution in [2.45, 2.75) is 198 Å². The summed E-state index contributed by atoms with van der Waals surface area (Å²) in [6, 6.07) is 0. The quantitative estimate of drug-likeness (QED) is 0.0199. The summed E-state index contributed by atoms with van der Waals surface area (Å²) >= 11 is 0. The Kier molecular flexibility index (Phi) is 36.3. The molecule has 13 heteroatoms. The minimum Gasteiger partial charge on any atom is -0.457 e. The van der Waals surface area contributed by atoms with Crippen LogP contribution in [0.5, 0.6) is 0 Å². The van der Waals surface area contributed by atoms with Crippen LogP contribution in [0.3, 0.4) is 0 Å². The molecule has 0 amide bonds. The Bertz CT molecular complexity index is 1340. The van der Waals surface area contributed by atoms with Crippen molar-refractivity contribution in [3.8, 4) is 0 Å². The van der Waals surface area contributed by atoms with E-state index in [1.807, 2.05) is 0 Å². The molecule has 0 radical (unpaired) electrons. The fourth-order valence-corrected chi connectivity index (χ4v) is 7.07. The molecule has 61 heavy (non-hydrogen) atoms. The van der Waals surface area contributed by atoms with Crippen LogP contribution in [-0.4, -0.2) is 97.5 Å². The first kappa shape index (κ1) is 56.6. The van der Waals surface area contributed by atoms with Crippen LogP contribution < -0.4 is 0 Å². The molecule has 4 N–H and O–H groups in total. The Balaban J connectivity index is 2.43.